The summed E-state index contributed by atoms with van der Waals surface area (Å²) in [4.78, 5) is 12.4. The maximum atomic E-state index is 12.4. The van der Waals surface area contributed by atoms with Crippen molar-refractivity contribution in [3.63, 3.8) is 0 Å². The Balaban J connectivity index is 2.35. The van der Waals surface area contributed by atoms with Crippen LogP contribution in [0.3, 0.4) is 0 Å². The van der Waals surface area contributed by atoms with Crippen LogP contribution in [0.4, 0.5) is 0 Å². The number of methoxy groups -OCH3 is 1. The number of rotatable bonds is 4. The molecule has 0 aliphatic heterocycles. The van der Waals surface area contributed by atoms with Gasteiger partial charge in [0.25, 0.3) is 5.91 Å². The molecule has 1 aromatic carbocycles. The molecule has 0 radical (unpaired) electrons. The Bertz CT molecular complexity index is 576. The largest absolute Gasteiger partial charge is 0.497 e. The summed E-state index contributed by atoms with van der Waals surface area (Å²) in [6, 6.07) is 9.07. The van der Waals surface area contributed by atoms with Gasteiger partial charge < -0.3 is 4.74 Å². The standard InChI is InChI=1S/C14H13Br2NO2/c1-19-12-4-2-10(3-5-12)14(18)17-7-6-11(8-15)13(17)9-16/h2-7H,8-9H2,1H3. The van der Waals surface area contributed by atoms with Crippen LogP contribution in [-0.2, 0) is 10.7 Å². The lowest BCUT2D eigenvalue weighted by atomic mass is 10.2. The van der Waals surface area contributed by atoms with Crippen LogP contribution in [-0.4, -0.2) is 17.6 Å². The zero-order valence-corrected chi connectivity index (χ0v) is 13.6. The van der Waals surface area contributed by atoms with Gasteiger partial charge in [0.2, 0.25) is 0 Å². The smallest absolute Gasteiger partial charge is 0.262 e. The van der Waals surface area contributed by atoms with Crippen LogP contribution >= 0.6 is 31.9 Å². The molecule has 0 unspecified atom stereocenters. The summed E-state index contributed by atoms with van der Waals surface area (Å²) in [6.07, 6.45) is 1.81. The molecule has 1 aromatic heterocycles. The molecule has 0 saturated heterocycles. The summed E-state index contributed by atoms with van der Waals surface area (Å²) in [5, 5.41) is 1.37. The summed E-state index contributed by atoms with van der Waals surface area (Å²) >= 11 is 6.85. The van der Waals surface area contributed by atoms with Crippen molar-refractivity contribution in [2.45, 2.75) is 10.7 Å². The number of benzene rings is 1. The maximum absolute atomic E-state index is 12.4. The highest BCUT2D eigenvalue weighted by Crippen LogP contribution is 2.20. The van der Waals surface area contributed by atoms with E-state index in [1.807, 2.05) is 6.07 Å². The van der Waals surface area contributed by atoms with Crippen molar-refractivity contribution in [3.05, 3.63) is 53.3 Å². The molecule has 0 aliphatic carbocycles. The van der Waals surface area contributed by atoms with Gasteiger partial charge in [-0.3, -0.25) is 9.36 Å². The van der Waals surface area contributed by atoms with Gasteiger partial charge in [0.1, 0.15) is 5.75 Å². The first-order valence-corrected chi connectivity index (χ1v) is 7.95. The fourth-order valence-electron chi connectivity index (χ4n) is 1.84. The maximum Gasteiger partial charge on any atom is 0.262 e. The van der Waals surface area contributed by atoms with Crippen LogP contribution in [0.15, 0.2) is 36.5 Å². The van der Waals surface area contributed by atoms with Gasteiger partial charge in [-0.05, 0) is 35.9 Å². The number of carbonyl (C=O) groups excluding carboxylic acids is 1. The molecule has 0 N–H and O–H groups in total. The Morgan fingerprint density at radius 3 is 2.37 bits per heavy atom. The van der Waals surface area contributed by atoms with Crippen molar-refractivity contribution >= 4 is 37.8 Å². The quantitative estimate of drug-likeness (QED) is 0.744. The molecule has 0 spiro atoms. The molecular formula is C14H13Br2NO2. The highest BCUT2D eigenvalue weighted by Gasteiger charge is 2.14. The van der Waals surface area contributed by atoms with E-state index in [-0.39, 0.29) is 5.91 Å². The highest BCUT2D eigenvalue weighted by molar-refractivity contribution is 9.09. The predicted octanol–water partition coefficient (Wildman–Crippen LogP) is 3.98. The molecule has 3 nitrogen and oxygen atoms in total. The van der Waals surface area contributed by atoms with Gasteiger partial charge in [0, 0.05) is 28.1 Å². The third kappa shape index (κ3) is 2.92. The Morgan fingerprint density at radius 1 is 1.16 bits per heavy atom. The Hall–Kier alpha value is -1.07. The van der Waals surface area contributed by atoms with Gasteiger partial charge >= 0.3 is 0 Å². The van der Waals surface area contributed by atoms with Gasteiger partial charge in [-0.2, -0.15) is 0 Å². The normalized spacial score (nSPS) is 10.5. The number of halogens is 2. The minimum Gasteiger partial charge on any atom is -0.497 e. The van der Waals surface area contributed by atoms with Crippen molar-refractivity contribution in [1.29, 1.82) is 0 Å². The summed E-state index contributed by atoms with van der Waals surface area (Å²) < 4.78 is 6.76. The van der Waals surface area contributed by atoms with Crippen LogP contribution in [0.2, 0.25) is 0 Å². The molecule has 0 atom stereocenters. The average molecular weight is 387 g/mol. The lowest BCUT2D eigenvalue weighted by molar-refractivity contribution is 0.0958. The van der Waals surface area contributed by atoms with Crippen molar-refractivity contribution in [3.8, 4) is 5.75 Å². The van der Waals surface area contributed by atoms with E-state index < -0.39 is 0 Å². The number of aromatic nitrogens is 1. The summed E-state index contributed by atoms with van der Waals surface area (Å²) in [5.41, 5.74) is 2.72. The topological polar surface area (TPSA) is 31.2 Å². The molecular weight excluding hydrogens is 374 g/mol. The molecule has 2 aromatic rings. The van der Waals surface area contributed by atoms with Crippen molar-refractivity contribution in [2.75, 3.05) is 7.11 Å². The SMILES string of the molecule is COc1ccc(C(=O)n2ccc(CBr)c2CBr)cc1. The second-order valence-corrected chi connectivity index (χ2v) is 5.08. The Morgan fingerprint density at radius 2 is 1.84 bits per heavy atom. The number of ether oxygens (including phenoxy) is 1. The highest BCUT2D eigenvalue weighted by atomic mass is 79.9. The van der Waals surface area contributed by atoms with E-state index in [1.54, 1.807) is 42.1 Å². The fourth-order valence-corrected chi connectivity index (χ4v) is 2.98. The Kier molecular flexibility index (Phi) is 4.82. The number of hydrogen-bond acceptors (Lipinski definition) is 2. The molecule has 0 amide bonds. The van der Waals surface area contributed by atoms with Crippen molar-refractivity contribution in [1.82, 2.24) is 4.57 Å². The first kappa shape index (κ1) is 14.3. The molecule has 5 heteroatoms. The summed E-state index contributed by atoms with van der Waals surface area (Å²) in [5.74, 6) is 0.704. The Labute approximate surface area is 128 Å². The lowest BCUT2D eigenvalue weighted by Crippen LogP contribution is -2.13. The summed E-state index contributed by atoms with van der Waals surface area (Å²) in [6.45, 7) is 0. The second kappa shape index (κ2) is 6.39. The molecule has 0 bridgehead atoms. The zero-order chi connectivity index (χ0) is 13.8. The molecule has 19 heavy (non-hydrogen) atoms. The molecule has 0 aliphatic rings. The van der Waals surface area contributed by atoms with Crippen LogP contribution in [0, 0.1) is 0 Å². The number of hydrogen-bond donors (Lipinski definition) is 0. The van der Waals surface area contributed by atoms with Gasteiger partial charge in [-0.1, -0.05) is 31.9 Å². The van der Waals surface area contributed by atoms with Gasteiger partial charge in [0.05, 0.1) is 7.11 Å². The van der Waals surface area contributed by atoms with E-state index in [9.17, 15) is 4.79 Å². The molecule has 0 fully saturated rings. The van der Waals surface area contributed by atoms with E-state index in [4.69, 9.17) is 4.74 Å². The zero-order valence-electron chi connectivity index (χ0n) is 10.4. The van der Waals surface area contributed by atoms with E-state index in [0.29, 0.717) is 10.9 Å². The monoisotopic (exact) mass is 385 g/mol. The van der Waals surface area contributed by atoms with Gasteiger partial charge in [0.15, 0.2) is 0 Å². The second-order valence-electron chi connectivity index (χ2n) is 3.96. The minimum absolute atomic E-state index is 0.0377. The molecule has 100 valence electrons. The van der Waals surface area contributed by atoms with E-state index in [0.717, 1.165) is 22.3 Å². The predicted molar refractivity (Wildman–Crippen MR) is 82.4 cm³/mol. The van der Waals surface area contributed by atoms with Crippen LogP contribution < -0.4 is 4.74 Å². The number of alkyl halides is 2. The van der Waals surface area contributed by atoms with Crippen molar-refractivity contribution < 1.29 is 9.53 Å². The third-order valence-electron chi connectivity index (χ3n) is 2.91. The molecule has 2 rings (SSSR count). The summed E-state index contributed by atoms with van der Waals surface area (Å²) in [7, 11) is 1.61. The van der Waals surface area contributed by atoms with Crippen molar-refractivity contribution in [2.24, 2.45) is 0 Å². The lowest BCUT2D eigenvalue weighted by Gasteiger charge is -2.08. The van der Waals surface area contributed by atoms with Gasteiger partial charge in [-0.15, -0.1) is 0 Å². The van der Waals surface area contributed by atoms with E-state index in [1.165, 1.54) is 0 Å². The minimum atomic E-state index is -0.0377. The number of nitrogens with zero attached hydrogens (tertiary/aromatic N) is 1. The van der Waals surface area contributed by atoms with Crippen LogP contribution in [0.25, 0.3) is 0 Å². The fraction of sp³-hybridized carbons (Fsp3) is 0.214. The first-order valence-electron chi connectivity index (χ1n) is 5.71. The van der Waals surface area contributed by atoms with E-state index >= 15 is 0 Å². The van der Waals surface area contributed by atoms with Gasteiger partial charge in [-0.25, -0.2) is 0 Å². The average Bonchev–Trinajstić information content (AvgIpc) is 2.89. The molecule has 0 saturated carbocycles. The molecule has 1 heterocycles. The third-order valence-corrected chi connectivity index (χ3v) is 4.05. The first-order chi connectivity index (χ1) is 9.21. The van der Waals surface area contributed by atoms with E-state index in [2.05, 4.69) is 31.9 Å². The van der Waals surface area contributed by atoms with Crippen LogP contribution in [0.1, 0.15) is 21.6 Å². The van der Waals surface area contributed by atoms with Crippen LogP contribution in [0.5, 0.6) is 5.75 Å². The number of carbonyl (C=O) groups is 1.